The first-order valence-corrected chi connectivity index (χ1v) is 8.81. The first-order chi connectivity index (χ1) is 11.4. The first kappa shape index (κ1) is 17.2. The minimum absolute atomic E-state index is 0.0183. The van der Waals surface area contributed by atoms with E-state index in [0.29, 0.717) is 31.6 Å². The fourth-order valence-electron chi connectivity index (χ4n) is 5.29. The molecule has 0 saturated heterocycles. The molecule has 0 unspecified atom stereocenters. The van der Waals surface area contributed by atoms with Crippen LogP contribution < -0.4 is 0 Å². The van der Waals surface area contributed by atoms with Crippen molar-refractivity contribution < 1.29 is 23.9 Å². The summed E-state index contributed by atoms with van der Waals surface area (Å²) in [7, 11) is 2.60. The van der Waals surface area contributed by atoms with Crippen LogP contribution in [0, 0.1) is 23.2 Å². The minimum Gasteiger partial charge on any atom is -0.468 e. The van der Waals surface area contributed by atoms with Crippen LogP contribution >= 0.6 is 0 Å². The molecule has 3 aliphatic carbocycles. The number of fused-ring (bicyclic) bond motifs is 2. The lowest BCUT2D eigenvalue weighted by Crippen LogP contribution is -2.39. The molecule has 0 aromatic rings. The SMILES string of the molecule is COC(=O)C1(C(=O)OC)C[C@H]2CC(=O)C[C@@H]3CCC/C3=C(\C)[C@@H]2C1. The summed E-state index contributed by atoms with van der Waals surface area (Å²) in [5.41, 5.74) is 1.42. The smallest absolute Gasteiger partial charge is 0.323 e. The van der Waals surface area contributed by atoms with Crippen molar-refractivity contribution >= 4 is 17.7 Å². The van der Waals surface area contributed by atoms with Crippen LogP contribution in [0.15, 0.2) is 11.1 Å². The van der Waals surface area contributed by atoms with Gasteiger partial charge in [-0.2, -0.15) is 0 Å². The molecule has 3 rings (SSSR count). The summed E-state index contributed by atoms with van der Waals surface area (Å²) in [5, 5.41) is 0. The molecule has 3 atom stereocenters. The summed E-state index contributed by atoms with van der Waals surface area (Å²) in [6, 6.07) is 0. The second-order valence-electron chi connectivity index (χ2n) is 7.58. The van der Waals surface area contributed by atoms with Crippen molar-refractivity contribution in [3.8, 4) is 0 Å². The van der Waals surface area contributed by atoms with Crippen LogP contribution in [0.1, 0.15) is 51.9 Å². The highest BCUT2D eigenvalue weighted by Crippen LogP contribution is 2.54. The van der Waals surface area contributed by atoms with Crippen molar-refractivity contribution in [2.75, 3.05) is 14.2 Å². The van der Waals surface area contributed by atoms with Gasteiger partial charge in [-0.05, 0) is 56.8 Å². The summed E-state index contributed by atoms with van der Waals surface area (Å²) in [5.74, 6) is -0.339. The fourth-order valence-corrected chi connectivity index (χ4v) is 5.29. The van der Waals surface area contributed by atoms with Gasteiger partial charge in [-0.25, -0.2) is 0 Å². The number of esters is 2. The summed E-state index contributed by atoms with van der Waals surface area (Å²) in [4.78, 5) is 37.3. The molecule has 0 radical (unpaired) electrons. The lowest BCUT2D eigenvalue weighted by molar-refractivity contribution is -0.169. The number of ether oxygens (including phenoxy) is 2. The number of hydrogen-bond acceptors (Lipinski definition) is 5. The summed E-state index contributed by atoms with van der Waals surface area (Å²) in [6.45, 7) is 2.13. The summed E-state index contributed by atoms with van der Waals surface area (Å²) >= 11 is 0. The average Bonchev–Trinajstić information content (AvgIpc) is 3.17. The number of Topliss-reactive ketones (excluding diaryl/α,β-unsaturated/α-hetero) is 1. The van der Waals surface area contributed by atoms with Crippen LogP contribution in [0.5, 0.6) is 0 Å². The van der Waals surface area contributed by atoms with Crippen molar-refractivity contribution in [1.82, 2.24) is 0 Å². The van der Waals surface area contributed by atoms with Gasteiger partial charge in [0, 0.05) is 12.8 Å². The molecule has 132 valence electrons. The van der Waals surface area contributed by atoms with Gasteiger partial charge in [-0.3, -0.25) is 14.4 Å². The maximum atomic E-state index is 12.5. The molecule has 0 amide bonds. The second kappa shape index (κ2) is 6.34. The Morgan fingerprint density at radius 3 is 2.38 bits per heavy atom. The number of hydrogen-bond donors (Lipinski definition) is 0. The van der Waals surface area contributed by atoms with Crippen LogP contribution in [0.2, 0.25) is 0 Å². The lowest BCUT2D eigenvalue weighted by atomic mass is 9.77. The van der Waals surface area contributed by atoms with E-state index in [2.05, 4.69) is 6.92 Å². The zero-order valence-electron chi connectivity index (χ0n) is 14.7. The Morgan fingerprint density at radius 2 is 1.75 bits per heavy atom. The van der Waals surface area contributed by atoms with Gasteiger partial charge >= 0.3 is 11.9 Å². The highest BCUT2D eigenvalue weighted by atomic mass is 16.5. The highest BCUT2D eigenvalue weighted by molar-refractivity contribution is 6.00. The fraction of sp³-hybridized carbons (Fsp3) is 0.737. The van der Waals surface area contributed by atoms with E-state index in [4.69, 9.17) is 9.47 Å². The van der Waals surface area contributed by atoms with Crippen LogP contribution in [0.25, 0.3) is 0 Å². The molecule has 3 aliphatic rings. The predicted octanol–water partition coefficient (Wildman–Crippen LogP) is 2.82. The van der Waals surface area contributed by atoms with Gasteiger partial charge in [0.05, 0.1) is 14.2 Å². The van der Waals surface area contributed by atoms with Gasteiger partial charge in [-0.1, -0.05) is 11.1 Å². The van der Waals surface area contributed by atoms with Gasteiger partial charge in [0.2, 0.25) is 0 Å². The van der Waals surface area contributed by atoms with E-state index in [1.165, 1.54) is 25.4 Å². The third kappa shape index (κ3) is 2.58. The molecular formula is C19H26O5. The largest absolute Gasteiger partial charge is 0.468 e. The number of carbonyl (C=O) groups excluding carboxylic acids is 3. The lowest BCUT2D eigenvalue weighted by Gasteiger charge is -2.27. The van der Waals surface area contributed by atoms with Gasteiger partial charge < -0.3 is 9.47 Å². The quantitative estimate of drug-likeness (QED) is 0.441. The Bertz CT molecular complexity index is 587. The summed E-state index contributed by atoms with van der Waals surface area (Å²) < 4.78 is 9.87. The maximum Gasteiger partial charge on any atom is 0.323 e. The van der Waals surface area contributed by atoms with E-state index in [0.717, 1.165) is 19.3 Å². The minimum atomic E-state index is -1.26. The number of carbonyl (C=O) groups is 3. The van der Waals surface area contributed by atoms with Crippen molar-refractivity contribution in [2.45, 2.75) is 51.9 Å². The molecule has 5 nitrogen and oxygen atoms in total. The van der Waals surface area contributed by atoms with Crippen molar-refractivity contribution in [3.05, 3.63) is 11.1 Å². The number of methoxy groups -OCH3 is 2. The van der Waals surface area contributed by atoms with E-state index < -0.39 is 17.4 Å². The normalized spacial score (nSPS) is 34.8. The van der Waals surface area contributed by atoms with E-state index in [9.17, 15) is 14.4 Å². The number of rotatable bonds is 2. The Hall–Kier alpha value is -1.65. The van der Waals surface area contributed by atoms with Crippen molar-refractivity contribution in [1.29, 1.82) is 0 Å². The Morgan fingerprint density at radius 1 is 1.08 bits per heavy atom. The Labute approximate surface area is 142 Å². The van der Waals surface area contributed by atoms with E-state index >= 15 is 0 Å². The van der Waals surface area contributed by atoms with Gasteiger partial charge in [0.15, 0.2) is 5.41 Å². The predicted molar refractivity (Wildman–Crippen MR) is 87.0 cm³/mol. The molecule has 0 heterocycles. The molecule has 0 aromatic heterocycles. The zero-order valence-corrected chi connectivity index (χ0v) is 14.7. The van der Waals surface area contributed by atoms with Crippen LogP contribution in [0.3, 0.4) is 0 Å². The van der Waals surface area contributed by atoms with Crippen LogP contribution in [-0.2, 0) is 23.9 Å². The average molecular weight is 334 g/mol. The molecule has 0 aliphatic heterocycles. The standard InChI is InChI=1S/C19H26O5/c1-11-15-6-4-5-12(15)7-14(20)8-13-9-19(10-16(11)13,17(21)23-2)18(22)24-3/h12-13,16H,4-10H2,1-3H3/b15-11-/t12-,13+,16-/m0/s1. The van der Waals surface area contributed by atoms with E-state index in [-0.39, 0.29) is 17.6 Å². The third-order valence-electron chi connectivity index (χ3n) is 6.42. The van der Waals surface area contributed by atoms with E-state index in [1.54, 1.807) is 0 Å². The molecule has 0 bridgehead atoms. The molecule has 2 saturated carbocycles. The number of ketones is 1. The topological polar surface area (TPSA) is 69.7 Å². The molecule has 0 spiro atoms. The molecule has 2 fully saturated rings. The first-order valence-electron chi connectivity index (χ1n) is 8.81. The molecule has 0 N–H and O–H groups in total. The Kier molecular flexibility index (Phi) is 4.54. The van der Waals surface area contributed by atoms with Crippen LogP contribution in [0.4, 0.5) is 0 Å². The second-order valence-corrected chi connectivity index (χ2v) is 7.58. The Balaban J connectivity index is 2.02. The molecular weight excluding hydrogens is 308 g/mol. The monoisotopic (exact) mass is 334 g/mol. The number of allylic oxidation sites excluding steroid dienone is 2. The van der Waals surface area contributed by atoms with Crippen molar-refractivity contribution in [3.63, 3.8) is 0 Å². The molecule has 5 heteroatoms. The molecule has 0 aromatic carbocycles. The van der Waals surface area contributed by atoms with Crippen molar-refractivity contribution in [2.24, 2.45) is 23.2 Å². The molecule has 24 heavy (non-hydrogen) atoms. The highest BCUT2D eigenvalue weighted by Gasteiger charge is 2.58. The van der Waals surface area contributed by atoms with Crippen LogP contribution in [-0.4, -0.2) is 31.9 Å². The third-order valence-corrected chi connectivity index (χ3v) is 6.42. The maximum absolute atomic E-state index is 12.5. The van der Waals surface area contributed by atoms with E-state index in [1.807, 2.05) is 0 Å². The zero-order chi connectivity index (χ0) is 17.5. The summed E-state index contributed by atoms with van der Waals surface area (Å²) in [6.07, 6.45) is 5.04. The van der Waals surface area contributed by atoms with Gasteiger partial charge in [0.25, 0.3) is 0 Å². The van der Waals surface area contributed by atoms with Gasteiger partial charge in [0.1, 0.15) is 5.78 Å². The van der Waals surface area contributed by atoms with Gasteiger partial charge in [-0.15, -0.1) is 0 Å².